The Morgan fingerprint density at radius 1 is 1.40 bits per heavy atom. The average molecular weight is 311 g/mol. The number of benzene rings is 1. The van der Waals surface area contributed by atoms with Crippen molar-refractivity contribution in [2.24, 2.45) is 0 Å². The van der Waals surface area contributed by atoms with Crippen LogP contribution in [0.5, 0.6) is 0 Å². The molecule has 2 aromatic rings. The van der Waals surface area contributed by atoms with E-state index in [1.165, 1.54) is 17.4 Å². The highest BCUT2D eigenvalue weighted by molar-refractivity contribution is 7.89. The monoisotopic (exact) mass is 311 g/mol. The van der Waals surface area contributed by atoms with E-state index in [4.69, 9.17) is 5.73 Å². The lowest BCUT2D eigenvalue weighted by Crippen LogP contribution is -2.24. The number of nitrogens with one attached hydrogen (secondary N) is 1. The number of rotatable bonds is 5. The molecule has 0 unspecified atom stereocenters. The normalized spacial score (nSPS) is 11.7. The van der Waals surface area contributed by atoms with Gasteiger partial charge in [-0.15, -0.1) is 11.3 Å². The van der Waals surface area contributed by atoms with E-state index in [0.717, 1.165) is 16.3 Å². The smallest absolute Gasteiger partial charge is 0.241 e. The van der Waals surface area contributed by atoms with Gasteiger partial charge in [0, 0.05) is 16.8 Å². The number of aromatic nitrogens is 1. The number of aryl methyl sites for hydroxylation is 2. The molecule has 0 bridgehead atoms. The molecule has 1 aromatic carbocycles. The number of nitrogens with two attached hydrogens (primary N) is 1. The van der Waals surface area contributed by atoms with Crippen LogP contribution in [0.2, 0.25) is 0 Å². The van der Waals surface area contributed by atoms with E-state index in [0.29, 0.717) is 11.3 Å². The van der Waals surface area contributed by atoms with Crippen LogP contribution in [0.1, 0.15) is 22.4 Å². The molecule has 0 fully saturated rings. The first-order valence-electron chi connectivity index (χ1n) is 6.21. The number of hydrogen-bond donors (Lipinski definition) is 2. The molecule has 108 valence electrons. The average Bonchev–Trinajstić information content (AvgIpc) is 2.84. The second kappa shape index (κ2) is 5.90. The van der Waals surface area contributed by atoms with E-state index >= 15 is 0 Å². The third kappa shape index (κ3) is 3.36. The molecule has 0 aliphatic carbocycles. The minimum absolute atomic E-state index is 0.205. The van der Waals surface area contributed by atoms with Crippen molar-refractivity contribution in [2.75, 3.05) is 5.73 Å². The first-order chi connectivity index (χ1) is 9.42. The minimum atomic E-state index is -3.54. The van der Waals surface area contributed by atoms with Gasteiger partial charge in [0.05, 0.1) is 11.4 Å². The van der Waals surface area contributed by atoms with Gasteiger partial charge in [0.25, 0.3) is 0 Å². The highest BCUT2D eigenvalue weighted by Crippen LogP contribution is 2.19. The topological polar surface area (TPSA) is 85.1 Å². The summed E-state index contributed by atoms with van der Waals surface area (Å²) in [5.41, 5.74) is 6.81. The predicted octanol–water partition coefficient (Wildman–Crippen LogP) is 2.07. The third-order valence-electron chi connectivity index (χ3n) is 2.85. The second-order valence-corrected chi connectivity index (χ2v) is 7.36. The first kappa shape index (κ1) is 15.0. The fourth-order valence-electron chi connectivity index (χ4n) is 1.80. The van der Waals surface area contributed by atoms with Crippen molar-refractivity contribution in [2.45, 2.75) is 31.7 Å². The Morgan fingerprint density at radius 3 is 2.75 bits per heavy atom. The van der Waals surface area contributed by atoms with Crippen LogP contribution in [0.4, 0.5) is 5.69 Å². The lowest BCUT2D eigenvalue weighted by molar-refractivity contribution is 0.580. The van der Waals surface area contributed by atoms with Crippen molar-refractivity contribution < 1.29 is 8.42 Å². The lowest BCUT2D eigenvalue weighted by atomic mass is 10.2. The Morgan fingerprint density at radius 2 is 2.15 bits per heavy atom. The number of thiazole rings is 1. The zero-order valence-corrected chi connectivity index (χ0v) is 13.0. The van der Waals surface area contributed by atoms with Crippen LogP contribution >= 0.6 is 11.3 Å². The van der Waals surface area contributed by atoms with Gasteiger partial charge in [-0.25, -0.2) is 18.1 Å². The standard InChI is InChI=1S/C13H17N3O2S2/c1-3-11-7-15-13(19-11)8-16-20(17,18)12-5-4-10(14)6-9(12)2/h4-7,16H,3,8,14H2,1-2H3. The maximum absolute atomic E-state index is 12.2. The largest absolute Gasteiger partial charge is 0.399 e. The van der Waals surface area contributed by atoms with Gasteiger partial charge in [0.1, 0.15) is 5.01 Å². The summed E-state index contributed by atoms with van der Waals surface area (Å²) in [5.74, 6) is 0. The van der Waals surface area contributed by atoms with Crippen LogP contribution in [0, 0.1) is 6.92 Å². The van der Waals surface area contributed by atoms with E-state index in [1.807, 2.05) is 6.92 Å². The van der Waals surface area contributed by atoms with Gasteiger partial charge < -0.3 is 5.73 Å². The van der Waals surface area contributed by atoms with Gasteiger partial charge in [0.2, 0.25) is 10.0 Å². The van der Waals surface area contributed by atoms with E-state index in [1.54, 1.807) is 25.3 Å². The van der Waals surface area contributed by atoms with Gasteiger partial charge in [-0.3, -0.25) is 0 Å². The van der Waals surface area contributed by atoms with E-state index < -0.39 is 10.0 Å². The molecule has 1 aromatic heterocycles. The maximum Gasteiger partial charge on any atom is 0.241 e. The molecule has 20 heavy (non-hydrogen) atoms. The Bertz CT molecular complexity index is 708. The second-order valence-electron chi connectivity index (χ2n) is 4.42. The van der Waals surface area contributed by atoms with Crippen molar-refractivity contribution in [3.05, 3.63) is 39.8 Å². The van der Waals surface area contributed by atoms with Crippen LogP contribution in [-0.4, -0.2) is 13.4 Å². The predicted molar refractivity (Wildman–Crippen MR) is 81.1 cm³/mol. The fraction of sp³-hybridized carbons (Fsp3) is 0.308. The number of anilines is 1. The Kier molecular flexibility index (Phi) is 4.42. The zero-order valence-electron chi connectivity index (χ0n) is 11.4. The zero-order chi connectivity index (χ0) is 14.8. The quantitative estimate of drug-likeness (QED) is 0.828. The molecule has 0 atom stereocenters. The summed E-state index contributed by atoms with van der Waals surface area (Å²) in [4.78, 5) is 5.58. The van der Waals surface area contributed by atoms with Crippen LogP contribution in [0.25, 0.3) is 0 Å². The molecule has 3 N–H and O–H groups in total. The number of hydrogen-bond acceptors (Lipinski definition) is 5. The molecule has 0 saturated heterocycles. The van der Waals surface area contributed by atoms with Crippen LogP contribution in [-0.2, 0) is 23.0 Å². The van der Waals surface area contributed by atoms with Gasteiger partial charge >= 0.3 is 0 Å². The van der Waals surface area contributed by atoms with Crippen LogP contribution in [0.15, 0.2) is 29.3 Å². The van der Waals surface area contributed by atoms with Gasteiger partial charge in [0.15, 0.2) is 0 Å². The van der Waals surface area contributed by atoms with Crippen molar-refractivity contribution in [3.8, 4) is 0 Å². The van der Waals surface area contributed by atoms with E-state index in [2.05, 4.69) is 9.71 Å². The summed E-state index contributed by atoms with van der Waals surface area (Å²) >= 11 is 1.52. The molecular formula is C13H17N3O2S2. The Labute approximate surface area is 122 Å². The highest BCUT2D eigenvalue weighted by Gasteiger charge is 2.17. The molecule has 0 aliphatic rings. The van der Waals surface area contributed by atoms with Gasteiger partial charge in [-0.05, 0) is 37.1 Å². The first-order valence-corrected chi connectivity index (χ1v) is 8.51. The van der Waals surface area contributed by atoms with Crippen LogP contribution < -0.4 is 10.5 Å². The summed E-state index contributed by atoms with van der Waals surface area (Å²) in [5, 5.41) is 0.763. The van der Waals surface area contributed by atoms with E-state index in [-0.39, 0.29) is 11.4 Å². The van der Waals surface area contributed by atoms with E-state index in [9.17, 15) is 8.42 Å². The Balaban J connectivity index is 2.14. The van der Waals surface area contributed by atoms with Gasteiger partial charge in [-0.2, -0.15) is 0 Å². The number of nitrogens with zero attached hydrogens (tertiary/aromatic N) is 1. The number of nitrogen functional groups attached to an aromatic ring is 1. The van der Waals surface area contributed by atoms with Gasteiger partial charge in [-0.1, -0.05) is 6.92 Å². The van der Waals surface area contributed by atoms with Crippen molar-refractivity contribution >= 4 is 27.0 Å². The maximum atomic E-state index is 12.2. The lowest BCUT2D eigenvalue weighted by Gasteiger charge is -2.08. The molecule has 1 heterocycles. The van der Waals surface area contributed by atoms with Crippen molar-refractivity contribution in [1.29, 1.82) is 0 Å². The van der Waals surface area contributed by atoms with Crippen molar-refractivity contribution in [1.82, 2.24) is 9.71 Å². The fourth-order valence-corrected chi connectivity index (χ4v) is 3.91. The summed E-state index contributed by atoms with van der Waals surface area (Å²) in [6.45, 7) is 3.97. The highest BCUT2D eigenvalue weighted by atomic mass is 32.2. The molecule has 0 saturated carbocycles. The van der Waals surface area contributed by atoms with Crippen molar-refractivity contribution in [3.63, 3.8) is 0 Å². The summed E-state index contributed by atoms with van der Waals surface area (Å²) in [6, 6.07) is 4.75. The van der Waals surface area contributed by atoms with Crippen LogP contribution in [0.3, 0.4) is 0 Å². The summed E-state index contributed by atoms with van der Waals surface area (Å²) in [7, 11) is -3.54. The molecule has 5 nitrogen and oxygen atoms in total. The number of sulfonamides is 1. The molecule has 2 rings (SSSR count). The molecule has 0 radical (unpaired) electrons. The molecule has 7 heteroatoms. The summed E-state index contributed by atoms with van der Waals surface area (Å²) in [6.07, 6.45) is 2.68. The summed E-state index contributed by atoms with van der Waals surface area (Å²) < 4.78 is 27.0. The minimum Gasteiger partial charge on any atom is -0.399 e. The SMILES string of the molecule is CCc1cnc(CNS(=O)(=O)c2ccc(N)cc2C)s1. The molecule has 0 amide bonds. The third-order valence-corrected chi connectivity index (χ3v) is 5.55. The molecule has 0 aliphatic heterocycles. The molecular weight excluding hydrogens is 294 g/mol. The molecule has 0 spiro atoms. The Hall–Kier alpha value is -1.44.